The minimum absolute atomic E-state index is 0.113. The van der Waals surface area contributed by atoms with Crippen LogP contribution < -0.4 is 0 Å². The number of hydrogen-bond donors (Lipinski definition) is 0. The van der Waals surface area contributed by atoms with Gasteiger partial charge in [-0.25, -0.2) is 0 Å². The summed E-state index contributed by atoms with van der Waals surface area (Å²) in [5, 5.41) is 0. The zero-order chi connectivity index (χ0) is 15.8. The lowest BCUT2D eigenvalue weighted by Crippen LogP contribution is -2.18. The van der Waals surface area contributed by atoms with E-state index >= 15 is 0 Å². The van der Waals surface area contributed by atoms with E-state index < -0.39 is 10.0 Å². The van der Waals surface area contributed by atoms with Crippen molar-refractivity contribution in [1.82, 2.24) is 0 Å². The molecule has 1 aromatic carbocycles. The van der Waals surface area contributed by atoms with Gasteiger partial charge in [0.1, 0.15) is 0 Å². The number of halogens is 2. The van der Waals surface area contributed by atoms with Crippen molar-refractivity contribution in [3.63, 3.8) is 0 Å². The molecular weight excluding hydrogens is 422 g/mol. The second-order valence-corrected chi connectivity index (χ2v) is 7.63. The molecule has 2 rings (SSSR count). The van der Waals surface area contributed by atoms with E-state index in [2.05, 4.69) is 36.3 Å². The molecule has 0 fully saturated rings. The quantitative estimate of drug-likeness (QED) is 0.668. The maximum absolute atomic E-state index is 12.3. The number of allylic oxidation sites excluding steroid dienone is 4. The van der Waals surface area contributed by atoms with Crippen molar-refractivity contribution in [2.24, 2.45) is 4.40 Å². The molecule has 0 spiro atoms. The van der Waals surface area contributed by atoms with Gasteiger partial charge in [-0.05, 0) is 69.0 Å². The SMILES string of the molecule is CC1=C(Br)C(=O)C(Br)=C(C)C1=NS(=O)(=O)c1ccccc1. The number of nitrogens with zero attached hydrogens (tertiary/aromatic N) is 1. The molecule has 0 aliphatic heterocycles. The van der Waals surface area contributed by atoms with Crippen molar-refractivity contribution in [2.45, 2.75) is 18.7 Å². The molecule has 110 valence electrons. The summed E-state index contributed by atoms with van der Waals surface area (Å²) in [6.07, 6.45) is 0. The van der Waals surface area contributed by atoms with Gasteiger partial charge in [0.25, 0.3) is 10.0 Å². The highest BCUT2D eigenvalue weighted by Crippen LogP contribution is 2.32. The predicted molar refractivity (Wildman–Crippen MR) is 89.3 cm³/mol. The zero-order valence-electron chi connectivity index (χ0n) is 11.2. The first-order chi connectivity index (χ1) is 9.75. The lowest BCUT2D eigenvalue weighted by Gasteiger charge is -2.17. The largest absolute Gasteiger partial charge is 0.287 e. The van der Waals surface area contributed by atoms with Crippen molar-refractivity contribution in [3.8, 4) is 0 Å². The molecule has 0 saturated carbocycles. The maximum atomic E-state index is 12.3. The summed E-state index contributed by atoms with van der Waals surface area (Å²) in [6, 6.07) is 7.96. The molecule has 0 heterocycles. The molecule has 0 atom stereocenters. The van der Waals surface area contributed by atoms with Crippen LogP contribution in [0.3, 0.4) is 0 Å². The van der Waals surface area contributed by atoms with Crippen LogP contribution in [0, 0.1) is 0 Å². The fourth-order valence-electron chi connectivity index (χ4n) is 1.83. The van der Waals surface area contributed by atoms with E-state index in [9.17, 15) is 13.2 Å². The van der Waals surface area contributed by atoms with Gasteiger partial charge in [-0.3, -0.25) is 4.79 Å². The van der Waals surface area contributed by atoms with Crippen LogP contribution in [0.2, 0.25) is 0 Å². The first-order valence-corrected chi connectivity index (χ1v) is 8.96. The number of Topliss-reactive ketones (excluding diaryl/α,β-unsaturated/α-hetero) is 1. The summed E-state index contributed by atoms with van der Waals surface area (Å²) in [5.41, 5.74) is 1.28. The Balaban J connectivity index is 2.63. The predicted octanol–water partition coefficient (Wildman–Crippen LogP) is 3.74. The van der Waals surface area contributed by atoms with E-state index in [4.69, 9.17) is 0 Å². The van der Waals surface area contributed by atoms with E-state index in [0.717, 1.165) is 0 Å². The van der Waals surface area contributed by atoms with Gasteiger partial charge in [-0.15, -0.1) is 0 Å². The number of sulfonamides is 1. The van der Waals surface area contributed by atoms with Crippen LogP contribution in [-0.2, 0) is 14.8 Å². The van der Waals surface area contributed by atoms with Crippen LogP contribution in [0.4, 0.5) is 0 Å². The van der Waals surface area contributed by atoms with Gasteiger partial charge in [0, 0.05) is 0 Å². The molecule has 0 N–H and O–H groups in total. The number of rotatable bonds is 2. The molecule has 4 nitrogen and oxygen atoms in total. The standard InChI is InChI=1S/C14H11Br2NO3S/c1-8-11(15)14(18)12(16)9(2)13(8)17-21(19,20)10-6-4-3-5-7-10/h3-7H,1-2H3. The fraction of sp³-hybridized carbons (Fsp3) is 0.143. The van der Waals surface area contributed by atoms with Crippen molar-refractivity contribution in [2.75, 3.05) is 0 Å². The Morgan fingerprint density at radius 2 is 1.43 bits per heavy atom. The van der Waals surface area contributed by atoms with Gasteiger partial charge >= 0.3 is 0 Å². The molecule has 1 aliphatic rings. The van der Waals surface area contributed by atoms with Crippen LogP contribution in [0.1, 0.15) is 13.8 Å². The van der Waals surface area contributed by atoms with Gasteiger partial charge in [0.15, 0.2) is 0 Å². The highest BCUT2D eigenvalue weighted by atomic mass is 79.9. The molecule has 21 heavy (non-hydrogen) atoms. The summed E-state index contributed by atoms with van der Waals surface area (Å²) in [4.78, 5) is 12.0. The van der Waals surface area contributed by atoms with Gasteiger partial charge in [-0.2, -0.15) is 12.8 Å². The Morgan fingerprint density at radius 1 is 0.952 bits per heavy atom. The fourth-order valence-corrected chi connectivity index (χ4v) is 3.99. The number of carbonyl (C=O) groups is 1. The smallest absolute Gasteiger partial charge is 0.282 e. The molecular formula is C14H11Br2NO3S. The van der Waals surface area contributed by atoms with Crippen LogP contribution >= 0.6 is 31.9 Å². The molecule has 7 heteroatoms. The van der Waals surface area contributed by atoms with Crippen molar-refractivity contribution in [3.05, 3.63) is 50.4 Å². The number of benzene rings is 1. The Kier molecular flexibility index (Phi) is 4.65. The van der Waals surface area contributed by atoms with Gasteiger partial charge in [0.2, 0.25) is 5.78 Å². The van der Waals surface area contributed by atoms with Crippen LogP contribution in [0.15, 0.2) is 59.7 Å². The normalized spacial score (nSPS) is 16.6. The Hall–Kier alpha value is -1.05. The lowest BCUT2D eigenvalue weighted by molar-refractivity contribution is -0.111. The molecule has 0 bridgehead atoms. The molecule has 1 aliphatic carbocycles. The molecule has 0 unspecified atom stereocenters. The van der Waals surface area contributed by atoms with E-state index in [-0.39, 0.29) is 16.4 Å². The third kappa shape index (κ3) is 3.09. The Morgan fingerprint density at radius 3 is 1.90 bits per heavy atom. The Bertz CT molecular complexity index is 776. The number of carbonyl (C=O) groups excluding carboxylic acids is 1. The van der Waals surface area contributed by atoms with E-state index in [1.165, 1.54) is 12.1 Å². The second kappa shape index (κ2) is 5.98. The molecule has 0 amide bonds. The van der Waals surface area contributed by atoms with E-state index in [1.54, 1.807) is 32.0 Å². The van der Waals surface area contributed by atoms with E-state index in [0.29, 0.717) is 20.1 Å². The first kappa shape index (κ1) is 16.3. The minimum atomic E-state index is -3.82. The molecule has 0 aromatic heterocycles. The summed E-state index contributed by atoms with van der Waals surface area (Å²) >= 11 is 6.36. The summed E-state index contributed by atoms with van der Waals surface area (Å²) < 4.78 is 29.2. The van der Waals surface area contributed by atoms with Crippen molar-refractivity contribution < 1.29 is 13.2 Å². The second-order valence-electron chi connectivity index (χ2n) is 4.44. The third-order valence-corrected chi connectivity index (χ3v) is 6.22. The van der Waals surface area contributed by atoms with Crippen LogP contribution in [0.25, 0.3) is 0 Å². The zero-order valence-corrected chi connectivity index (χ0v) is 15.2. The van der Waals surface area contributed by atoms with Gasteiger partial charge in [-0.1, -0.05) is 18.2 Å². The van der Waals surface area contributed by atoms with Crippen LogP contribution in [0.5, 0.6) is 0 Å². The van der Waals surface area contributed by atoms with Crippen molar-refractivity contribution in [1.29, 1.82) is 0 Å². The molecule has 0 radical (unpaired) electrons. The third-order valence-electron chi connectivity index (χ3n) is 3.02. The minimum Gasteiger partial charge on any atom is -0.287 e. The molecule has 0 saturated heterocycles. The Labute approximate surface area is 140 Å². The molecule has 1 aromatic rings. The summed E-state index contributed by atoms with van der Waals surface area (Å²) in [7, 11) is -3.82. The average Bonchev–Trinajstić information content (AvgIpc) is 2.48. The van der Waals surface area contributed by atoms with E-state index in [1.807, 2.05) is 0 Å². The summed E-state index contributed by atoms with van der Waals surface area (Å²) in [6.45, 7) is 3.31. The number of hydrogen-bond acceptors (Lipinski definition) is 3. The number of ketones is 1. The topological polar surface area (TPSA) is 63.6 Å². The van der Waals surface area contributed by atoms with Crippen molar-refractivity contribution >= 4 is 53.4 Å². The maximum Gasteiger partial charge on any atom is 0.282 e. The lowest BCUT2D eigenvalue weighted by atomic mass is 9.98. The highest BCUT2D eigenvalue weighted by Gasteiger charge is 2.28. The highest BCUT2D eigenvalue weighted by molar-refractivity contribution is 9.13. The first-order valence-electron chi connectivity index (χ1n) is 5.94. The van der Waals surface area contributed by atoms with Gasteiger partial charge < -0.3 is 0 Å². The average molecular weight is 433 g/mol. The monoisotopic (exact) mass is 431 g/mol. The summed E-state index contributed by atoms with van der Waals surface area (Å²) in [5.74, 6) is -0.221. The van der Waals surface area contributed by atoms with Crippen LogP contribution in [-0.4, -0.2) is 19.9 Å². The van der Waals surface area contributed by atoms with Gasteiger partial charge in [0.05, 0.1) is 19.6 Å².